The second kappa shape index (κ2) is 2.60. The van der Waals surface area contributed by atoms with Gasteiger partial charge in [-0.05, 0) is 12.1 Å². The fourth-order valence-corrected chi connectivity index (χ4v) is 1.79. The van der Waals surface area contributed by atoms with Crippen LogP contribution in [0.1, 0.15) is 0 Å². The number of pyridine rings is 1. The second-order valence-electron chi connectivity index (χ2n) is 3.34. The van der Waals surface area contributed by atoms with Crippen LogP contribution < -0.4 is 11.2 Å². The van der Waals surface area contributed by atoms with Gasteiger partial charge in [0.05, 0.1) is 23.1 Å². The van der Waals surface area contributed by atoms with E-state index in [0.717, 1.165) is 5.69 Å². The lowest BCUT2D eigenvalue weighted by Gasteiger charge is -2.06. The minimum Gasteiger partial charge on any atom is -0.383 e. The first-order valence-corrected chi connectivity index (χ1v) is 4.51. The highest BCUT2D eigenvalue weighted by Gasteiger charge is 2.14. The number of nitrogens with two attached hydrogens (primary N) is 1. The molecular weight excluding hydrogens is 192 g/mol. The van der Waals surface area contributed by atoms with E-state index in [4.69, 9.17) is 5.73 Å². The van der Waals surface area contributed by atoms with Crippen molar-refractivity contribution in [3.8, 4) is 11.3 Å². The Hall–Kier alpha value is -2.30. The van der Waals surface area contributed by atoms with Gasteiger partial charge in [-0.2, -0.15) is 0 Å². The molecule has 0 aromatic carbocycles. The lowest BCUT2D eigenvalue weighted by atomic mass is 10.1. The summed E-state index contributed by atoms with van der Waals surface area (Å²) in [6, 6.07) is 5.03. The molecule has 4 N–H and O–H groups in total. The average Bonchev–Trinajstić information content (AvgIpc) is 2.66. The lowest BCUT2D eigenvalue weighted by Crippen LogP contribution is -2.07. The topological polar surface area (TPSA) is 87.6 Å². The van der Waals surface area contributed by atoms with E-state index in [0.29, 0.717) is 22.4 Å². The summed E-state index contributed by atoms with van der Waals surface area (Å²) in [6.45, 7) is 0. The number of nitrogens with zero attached hydrogens (tertiary/aromatic N) is 1. The number of hydrogen-bond donors (Lipinski definition) is 3. The third-order valence-electron chi connectivity index (χ3n) is 2.44. The van der Waals surface area contributed by atoms with Gasteiger partial charge in [0.25, 0.3) is 0 Å². The number of nitrogens with one attached hydrogen (secondary N) is 2. The summed E-state index contributed by atoms with van der Waals surface area (Å²) in [5.41, 5.74) is 8.34. The van der Waals surface area contributed by atoms with E-state index in [1.54, 1.807) is 6.07 Å². The fourth-order valence-electron chi connectivity index (χ4n) is 1.79. The van der Waals surface area contributed by atoms with E-state index in [1.165, 1.54) is 12.4 Å². The normalized spacial score (nSPS) is 11.2. The Morgan fingerprint density at radius 1 is 1.33 bits per heavy atom. The van der Waals surface area contributed by atoms with Crippen LogP contribution in [0.5, 0.6) is 0 Å². The number of nitrogen functional groups attached to an aromatic ring is 1. The summed E-state index contributed by atoms with van der Waals surface area (Å²) in [6.07, 6.45) is 1.53. The monoisotopic (exact) mass is 200 g/mol. The van der Waals surface area contributed by atoms with Crippen LogP contribution in [-0.4, -0.2) is 15.0 Å². The summed E-state index contributed by atoms with van der Waals surface area (Å²) in [4.78, 5) is 21.6. The van der Waals surface area contributed by atoms with Crippen molar-refractivity contribution in [3.63, 3.8) is 0 Å². The molecule has 1 aromatic rings. The van der Waals surface area contributed by atoms with E-state index in [1.807, 2.05) is 6.07 Å². The number of benzene rings is 1. The number of aromatic nitrogens is 3. The van der Waals surface area contributed by atoms with Crippen molar-refractivity contribution in [2.75, 3.05) is 5.73 Å². The number of hydrogen-bond acceptors (Lipinski definition) is 3. The van der Waals surface area contributed by atoms with Crippen molar-refractivity contribution in [3.05, 3.63) is 34.7 Å². The number of H-pyrrole nitrogens is 2. The van der Waals surface area contributed by atoms with Gasteiger partial charge in [-0.3, -0.25) is 4.79 Å². The highest BCUT2D eigenvalue weighted by Crippen LogP contribution is 2.26. The summed E-state index contributed by atoms with van der Waals surface area (Å²) < 4.78 is 0. The summed E-state index contributed by atoms with van der Waals surface area (Å²) >= 11 is 0. The lowest BCUT2D eigenvalue weighted by molar-refractivity contribution is 1.32. The molecule has 0 amide bonds. The van der Waals surface area contributed by atoms with Gasteiger partial charge >= 0.3 is 0 Å². The maximum absolute atomic E-state index is 11.7. The Morgan fingerprint density at radius 3 is 3.07 bits per heavy atom. The number of imidazole rings is 1. The van der Waals surface area contributed by atoms with Crippen LogP contribution >= 0.6 is 0 Å². The predicted octanol–water partition coefficient (Wildman–Crippen LogP) is 0.938. The summed E-state index contributed by atoms with van der Waals surface area (Å²) in [5.74, 6) is 0.462. The van der Waals surface area contributed by atoms with Gasteiger partial charge in [-0.15, -0.1) is 0 Å². The zero-order chi connectivity index (χ0) is 10.4. The Balaban J connectivity index is 2.67. The molecule has 5 heteroatoms. The molecule has 0 fully saturated rings. The number of rotatable bonds is 0. The maximum Gasteiger partial charge on any atom is 0.190 e. The van der Waals surface area contributed by atoms with Crippen LogP contribution in [0, 0.1) is 0 Å². The molecule has 1 aliphatic carbocycles. The Kier molecular flexibility index (Phi) is 1.39. The van der Waals surface area contributed by atoms with E-state index in [9.17, 15) is 4.79 Å². The molecule has 0 saturated heterocycles. The summed E-state index contributed by atoms with van der Waals surface area (Å²) in [7, 11) is 0. The van der Waals surface area contributed by atoms with Crippen LogP contribution in [0.2, 0.25) is 0 Å². The molecule has 2 heterocycles. The van der Waals surface area contributed by atoms with Crippen molar-refractivity contribution in [1.82, 2.24) is 15.0 Å². The molecule has 0 unspecified atom stereocenters. The molecule has 5 nitrogen and oxygen atoms in total. The molecule has 1 aromatic heterocycles. The first-order valence-electron chi connectivity index (χ1n) is 4.51. The first-order chi connectivity index (χ1) is 7.27. The molecular formula is C10H8N4O. The zero-order valence-corrected chi connectivity index (χ0v) is 7.74. The third kappa shape index (κ3) is 0.969. The van der Waals surface area contributed by atoms with Crippen LogP contribution in [-0.2, 0) is 0 Å². The molecule has 15 heavy (non-hydrogen) atoms. The maximum atomic E-state index is 11.7. The van der Waals surface area contributed by atoms with Crippen LogP contribution in [0.3, 0.4) is 0 Å². The quantitative estimate of drug-likeness (QED) is 0.504. The SMILES string of the molecule is Nc1[nH]c2cccc(=O)c-2c2[nH]cnc12. The third-order valence-corrected chi connectivity index (χ3v) is 2.44. The highest BCUT2D eigenvalue weighted by atomic mass is 16.1. The van der Waals surface area contributed by atoms with E-state index >= 15 is 0 Å². The van der Waals surface area contributed by atoms with Crippen molar-refractivity contribution in [2.24, 2.45) is 0 Å². The van der Waals surface area contributed by atoms with Crippen LogP contribution in [0.25, 0.3) is 22.3 Å². The van der Waals surface area contributed by atoms with Gasteiger partial charge < -0.3 is 15.7 Å². The molecule has 2 aliphatic rings. The minimum atomic E-state index is -0.0435. The van der Waals surface area contributed by atoms with Crippen molar-refractivity contribution in [2.45, 2.75) is 0 Å². The van der Waals surface area contributed by atoms with Crippen molar-refractivity contribution in [1.29, 1.82) is 0 Å². The highest BCUT2D eigenvalue weighted by molar-refractivity contribution is 5.97. The Bertz CT molecular complexity index is 667. The van der Waals surface area contributed by atoms with Crippen LogP contribution in [0.4, 0.5) is 5.82 Å². The van der Waals surface area contributed by atoms with Crippen LogP contribution in [0.15, 0.2) is 29.3 Å². The molecule has 0 saturated carbocycles. The number of fused-ring (bicyclic) bond motifs is 3. The Labute approximate surface area is 84.3 Å². The van der Waals surface area contributed by atoms with Gasteiger partial charge in [0.1, 0.15) is 11.3 Å². The van der Waals surface area contributed by atoms with Gasteiger partial charge in [0.2, 0.25) is 0 Å². The largest absolute Gasteiger partial charge is 0.383 e. The van der Waals surface area contributed by atoms with E-state index in [-0.39, 0.29) is 5.43 Å². The zero-order valence-electron chi connectivity index (χ0n) is 7.74. The molecule has 0 atom stereocenters. The van der Waals surface area contributed by atoms with Gasteiger partial charge in [-0.1, -0.05) is 6.07 Å². The Morgan fingerprint density at radius 2 is 2.20 bits per heavy atom. The average molecular weight is 200 g/mol. The van der Waals surface area contributed by atoms with Crippen molar-refractivity contribution >= 4 is 16.9 Å². The van der Waals surface area contributed by atoms with E-state index < -0.39 is 0 Å². The van der Waals surface area contributed by atoms with Gasteiger partial charge in [0, 0.05) is 0 Å². The van der Waals surface area contributed by atoms with Gasteiger partial charge in [0.15, 0.2) is 5.43 Å². The molecule has 74 valence electrons. The minimum absolute atomic E-state index is 0.0435. The number of anilines is 1. The first kappa shape index (κ1) is 8.05. The molecule has 3 rings (SSSR count). The molecule has 0 spiro atoms. The van der Waals surface area contributed by atoms with Gasteiger partial charge in [-0.25, -0.2) is 4.98 Å². The smallest absolute Gasteiger partial charge is 0.190 e. The standard InChI is InChI=1S/C10H8N4O/c11-10-9-8(12-4-13-9)7-5(14-10)2-1-3-6(7)15/h1-4,14H,11H2,(H,12,13). The molecule has 0 bridgehead atoms. The fraction of sp³-hybridized carbons (Fsp3) is 0. The molecule has 0 radical (unpaired) electrons. The second-order valence-corrected chi connectivity index (χ2v) is 3.34. The number of aromatic amines is 2. The van der Waals surface area contributed by atoms with Crippen molar-refractivity contribution < 1.29 is 0 Å². The molecule has 1 aliphatic heterocycles. The predicted molar refractivity (Wildman–Crippen MR) is 57.7 cm³/mol. The van der Waals surface area contributed by atoms with E-state index in [2.05, 4.69) is 15.0 Å². The summed E-state index contributed by atoms with van der Waals surface area (Å²) in [5, 5.41) is 0.